The molecule has 0 aromatic heterocycles. The number of nitrogens with one attached hydrogen (secondary N) is 2. The number of carbonyl (C=O) groups excluding carboxylic acids is 2. The molecule has 6 nitrogen and oxygen atoms in total. The molecule has 0 bridgehead atoms. The van der Waals surface area contributed by atoms with E-state index in [-0.39, 0.29) is 53.1 Å². The number of carbonyl (C=O) groups is 2. The lowest BCUT2D eigenvalue weighted by Crippen LogP contribution is -3.00. The van der Waals surface area contributed by atoms with Crippen molar-refractivity contribution in [1.82, 2.24) is 5.32 Å². The van der Waals surface area contributed by atoms with E-state index >= 15 is 0 Å². The zero-order chi connectivity index (χ0) is 19.9. The van der Waals surface area contributed by atoms with Crippen LogP contribution in [0.15, 0.2) is 35.4 Å². The van der Waals surface area contributed by atoms with E-state index in [1.807, 2.05) is 0 Å². The highest BCUT2D eigenvalue weighted by molar-refractivity contribution is 8.04. The van der Waals surface area contributed by atoms with Crippen LogP contribution in [0.2, 0.25) is 5.02 Å². The predicted octanol–water partition coefficient (Wildman–Crippen LogP) is 0.358. The number of anilines is 1. The second kappa shape index (κ2) is 9.03. The Labute approximate surface area is 197 Å². The summed E-state index contributed by atoms with van der Waals surface area (Å²) < 4.78 is 0.915. The lowest BCUT2D eigenvalue weighted by Gasteiger charge is -2.36. The van der Waals surface area contributed by atoms with Gasteiger partial charge in [0.15, 0.2) is 0 Å². The van der Waals surface area contributed by atoms with Crippen LogP contribution in [0.5, 0.6) is 0 Å². The summed E-state index contributed by atoms with van der Waals surface area (Å²) in [7, 11) is 2.26. The van der Waals surface area contributed by atoms with Crippen LogP contribution in [0, 0.1) is 17.8 Å². The number of quaternary nitrogens is 1. The van der Waals surface area contributed by atoms with Gasteiger partial charge in [-0.05, 0) is 37.1 Å². The van der Waals surface area contributed by atoms with Crippen LogP contribution in [0.1, 0.15) is 19.3 Å². The molecule has 9 heteroatoms. The third-order valence-electron chi connectivity index (χ3n) is 5.85. The van der Waals surface area contributed by atoms with Gasteiger partial charge in [-0.25, -0.2) is 4.79 Å². The maximum Gasteiger partial charge on any atom is 0.320 e. The zero-order valence-electron chi connectivity index (χ0n) is 16.2. The Morgan fingerprint density at radius 1 is 1.24 bits per heavy atom. The molecular weight excluding hydrogens is 523 g/mol. The molecule has 4 N–H and O–H groups in total. The number of halogens is 2. The van der Waals surface area contributed by atoms with Crippen LogP contribution in [-0.4, -0.2) is 41.9 Å². The number of hydrogen-bond acceptors (Lipinski definition) is 3. The van der Waals surface area contributed by atoms with Crippen LogP contribution in [0.4, 0.5) is 10.5 Å². The lowest BCUT2D eigenvalue weighted by atomic mass is 9.86. The van der Waals surface area contributed by atoms with Crippen molar-refractivity contribution in [1.29, 1.82) is 0 Å². The first-order valence-corrected chi connectivity index (χ1v) is 10.9. The number of nitrogens with zero attached hydrogens (tertiary/aromatic N) is 1. The van der Waals surface area contributed by atoms with Crippen molar-refractivity contribution >= 4 is 41.0 Å². The molecule has 2 heterocycles. The largest absolute Gasteiger partial charge is 1.00 e. The van der Waals surface area contributed by atoms with Crippen molar-refractivity contribution in [2.45, 2.75) is 24.6 Å². The van der Waals surface area contributed by atoms with Crippen molar-refractivity contribution in [3.8, 4) is 0 Å². The Bertz CT molecular complexity index is 817. The fourth-order valence-electron chi connectivity index (χ4n) is 4.28. The minimum atomic E-state index is -0.387. The maximum absolute atomic E-state index is 12.5. The zero-order valence-corrected chi connectivity index (χ0v) is 20.0. The minimum Gasteiger partial charge on any atom is -1.00 e. The van der Waals surface area contributed by atoms with Crippen molar-refractivity contribution < 1.29 is 38.0 Å². The van der Waals surface area contributed by atoms with Crippen molar-refractivity contribution in [3.05, 3.63) is 40.4 Å². The SMILES string of the molecule is C[N+]1(CC2CC2)C=C2SC(NC(=O)Nc3ccc(Cl)cc3)C(C(N)=O)C2CC1.[I-]. The van der Waals surface area contributed by atoms with Gasteiger partial charge < -0.3 is 40.3 Å². The van der Waals surface area contributed by atoms with Crippen LogP contribution in [0.3, 0.4) is 0 Å². The molecule has 1 saturated carbocycles. The van der Waals surface area contributed by atoms with E-state index in [1.54, 1.807) is 36.0 Å². The fraction of sp³-hybridized carbons (Fsp3) is 0.500. The summed E-state index contributed by atoms with van der Waals surface area (Å²) in [6.45, 7) is 2.17. The molecule has 1 saturated heterocycles. The molecule has 1 aliphatic carbocycles. The van der Waals surface area contributed by atoms with Crippen molar-refractivity contribution in [2.24, 2.45) is 23.5 Å². The summed E-state index contributed by atoms with van der Waals surface area (Å²) in [5, 5.41) is 5.98. The van der Waals surface area contributed by atoms with Crippen molar-refractivity contribution in [2.75, 3.05) is 25.5 Å². The average molecular weight is 549 g/mol. The summed E-state index contributed by atoms with van der Waals surface area (Å²) in [6, 6.07) is 6.55. The summed E-state index contributed by atoms with van der Waals surface area (Å²) in [5.74, 6) is 0.197. The number of primary amides is 1. The molecule has 2 fully saturated rings. The summed E-state index contributed by atoms with van der Waals surface area (Å²) >= 11 is 7.45. The van der Waals surface area contributed by atoms with Gasteiger partial charge in [0.1, 0.15) is 6.20 Å². The van der Waals surface area contributed by atoms with E-state index in [0.29, 0.717) is 10.7 Å². The molecule has 3 amide bonds. The molecule has 158 valence electrons. The third kappa shape index (κ3) is 5.39. The molecule has 1 aromatic carbocycles. The Balaban J connectivity index is 0.00000240. The van der Waals surface area contributed by atoms with E-state index in [4.69, 9.17) is 17.3 Å². The highest BCUT2D eigenvalue weighted by Gasteiger charge is 2.49. The van der Waals surface area contributed by atoms with Crippen LogP contribution >= 0.6 is 23.4 Å². The molecule has 3 aliphatic rings. The normalized spacial score (nSPS) is 30.6. The van der Waals surface area contributed by atoms with Gasteiger partial charge in [-0.3, -0.25) is 9.28 Å². The lowest BCUT2D eigenvalue weighted by molar-refractivity contribution is -0.864. The Hall–Kier alpha value is -0.970. The van der Waals surface area contributed by atoms with E-state index < -0.39 is 0 Å². The Morgan fingerprint density at radius 2 is 1.93 bits per heavy atom. The molecule has 2 aliphatic heterocycles. The molecule has 4 atom stereocenters. The second-order valence-corrected chi connectivity index (χ2v) is 9.98. The third-order valence-corrected chi connectivity index (χ3v) is 7.45. The number of thioether (sulfide) groups is 1. The van der Waals surface area contributed by atoms with Crippen molar-refractivity contribution in [3.63, 3.8) is 0 Å². The molecule has 1 aromatic rings. The molecular formula is C20H26ClIN4O2S. The van der Waals surface area contributed by atoms with Gasteiger partial charge >= 0.3 is 6.03 Å². The van der Waals surface area contributed by atoms with Gasteiger partial charge in [0.05, 0.1) is 31.4 Å². The smallest absolute Gasteiger partial charge is 0.320 e. The molecule has 4 rings (SSSR count). The molecule has 4 unspecified atom stereocenters. The number of rotatable bonds is 5. The Kier molecular flexibility index (Phi) is 7.07. The number of fused-ring (bicyclic) bond motifs is 1. The van der Waals surface area contributed by atoms with Crippen LogP contribution in [-0.2, 0) is 4.79 Å². The van der Waals surface area contributed by atoms with Crippen LogP contribution < -0.4 is 40.3 Å². The average Bonchev–Trinajstić information content (AvgIpc) is 3.35. The second-order valence-electron chi connectivity index (χ2n) is 8.33. The molecule has 0 spiro atoms. The number of amides is 3. The number of allylic oxidation sites excluding steroid dienone is 1. The quantitative estimate of drug-likeness (QED) is 0.367. The van der Waals surface area contributed by atoms with E-state index in [2.05, 4.69) is 23.9 Å². The highest BCUT2D eigenvalue weighted by atomic mass is 127. The van der Waals surface area contributed by atoms with Gasteiger partial charge in [-0.1, -0.05) is 23.4 Å². The van der Waals surface area contributed by atoms with E-state index in [9.17, 15) is 9.59 Å². The van der Waals surface area contributed by atoms with E-state index in [0.717, 1.165) is 29.9 Å². The number of benzene rings is 1. The first kappa shape index (κ1) is 22.7. The van der Waals surface area contributed by atoms with Gasteiger partial charge in [0.25, 0.3) is 0 Å². The fourth-order valence-corrected chi connectivity index (χ4v) is 6.09. The highest BCUT2D eigenvalue weighted by Crippen LogP contribution is 2.50. The first-order valence-electron chi connectivity index (χ1n) is 9.69. The molecule has 29 heavy (non-hydrogen) atoms. The van der Waals surface area contributed by atoms with Gasteiger partial charge in [-0.15, -0.1) is 0 Å². The summed E-state index contributed by atoms with van der Waals surface area (Å²) in [6.07, 6.45) is 5.87. The topological polar surface area (TPSA) is 84.2 Å². The summed E-state index contributed by atoms with van der Waals surface area (Å²) in [4.78, 5) is 25.8. The van der Waals surface area contributed by atoms with Gasteiger partial charge in [0.2, 0.25) is 5.91 Å². The minimum absolute atomic E-state index is 0. The van der Waals surface area contributed by atoms with Crippen LogP contribution in [0.25, 0.3) is 0 Å². The Morgan fingerprint density at radius 3 is 2.55 bits per heavy atom. The molecule has 0 radical (unpaired) electrons. The van der Waals surface area contributed by atoms with Gasteiger partial charge in [0, 0.05) is 33.9 Å². The van der Waals surface area contributed by atoms with E-state index in [1.165, 1.54) is 17.7 Å². The standard InChI is InChI=1S/C20H25ClN4O2S.HI/c1-25(10-12-2-3-12)9-8-15-16(11-25)28-19(17(15)18(22)26)24-20(27)23-14-6-4-13(21)5-7-14;/h4-7,11-12,15,17,19H,2-3,8-10H2,1H3,(H3-,22,23,24,26,27);1H. The first-order chi connectivity index (χ1) is 13.3. The number of nitrogens with two attached hydrogens (primary N) is 1. The number of hydrogen-bond donors (Lipinski definition) is 3. The number of urea groups is 1. The predicted molar refractivity (Wildman–Crippen MR) is 113 cm³/mol. The summed E-state index contributed by atoms with van der Waals surface area (Å²) in [5.41, 5.74) is 6.37. The maximum atomic E-state index is 12.5. The van der Waals surface area contributed by atoms with Gasteiger partial charge in [-0.2, -0.15) is 0 Å². The monoisotopic (exact) mass is 548 g/mol.